The van der Waals surface area contributed by atoms with Crippen molar-refractivity contribution in [1.82, 2.24) is 19.6 Å². The van der Waals surface area contributed by atoms with E-state index in [0.29, 0.717) is 17.4 Å². The summed E-state index contributed by atoms with van der Waals surface area (Å²) in [4.78, 5) is 28.7. The maximum absolute atomic E-state index is 14.3. The summed E-state index contributed by atoms with van der Waals surface area (Å²) in [5.74, 6) is -5.96. The molecule has 4 aromatic rings. The Morgan fingerprint density at radius 2 is 1.54 bits per heavy atom. The van der Waals surface area contributed by atoms with Crippen LogP contribution < -0.4 is 16.0 Å². The number of rotatable bonds is 4. The number of pyridine rings is 1. The van der Waals surface area contributed by atoms with Gasteiger partial charge in [0, 0.05) is 25.3 Å². The molecule has 1 saturated heterocycles. The zero-order valence-corrected chi connectivity index (χ0v) is 23.5. The van der Waals surface area contributed by atoms with Crippen molar-refractivity contribution in [2.45, 2.75) is 31.7 Å². The van der Waals surface area contributed by atoms with Crippen molar-refractivity contribution >= 4 is 34.8 Å². The van der Waals surface area contributed by atoms with Crippen molar-refractivity contribution in [2.75, 3.05) is 23.3 Å². The van der Waals surface area contributed by atoms with Gasteiger partial charge in [-0.05, 0) is 42.7 Å². The molecule has 0 aliphatic carbocycles. The average Bonchev–Trinajstić information content (AvgIpc) is 3.36. The van der Waals surface area contributed by atoms with Crippen LogP contribution in [0, 0.1) is 17.6 Å². The zero-order valence-electron chi connectivity index (χ0n) is 23.5. The molecule has 1 fully saturated rings. The Hall–Kier alpha value is -5.07. The summed E-state index contributed by atoms with van der Waals surface area (Å²) in [6.45, 7) is 3.81. The van der Waals surface area contributed by atoms with E-state index in [1.165, 1.54) is 22.7 Å². The lowest BCUT2D eigenvalue weighted by atomic mass is 9.94. The number of fused-ring (bicyclic) bond motifs is 1. The molecule has 5 N–H and O–H groups in total. The SMILES string of the molecule is C[C@H]1CCN(c2ccncc2Nc2ncc3ccc(-c4c(F)cccc4F)nn23)C[C@H]1N.O=C(O)C(F)(F)F.O=C(O)C(F)(F)F. The maximum Gasteiger partial charge on any atom is 0.490 e. The molecule has 3 aromatic heterocycles. The van der Waals surface area contributed by atoms with Crippen molar-refractivity contribution in [1.29, 1.82) is 0 Å². The topological polar surface area (TPSA) is 159 Å². The highest BCUT2D eigenvalue weighted by Gasteiger charge is 2.39. The van der Waals surface area contributed by atoms with Gasteiger partial charge in [0.1, 0.15) is 11.6 Å². The molecule has 0 amide bonds. The molecule has 46 heavy (non-hydrogen) atoms. The van der Waals surface area contributed by atoms with Crippen LogP contribution in [0.1, 0.15) is 13.3 Å². The van der Waals surface area contributed by atoms with Gasteiger partial charge in [0.25, 0.3) is 0 Å². The predicted molar refractivity (Wildman–Crippen MR) is 147 cm³/mol. The first-order valence-corrected chi connectivity index (χ1v) is 13.0. The molecular formula is C27H25F8N7O4. The minimum atomic E-state index is -5.08. The van der Waals surface area contributed by atoms with Crippen molar-refractivity contribution < 1.29 is 54.9 Å². The van der Waals surface area contributed by atoms with Crippen LogP contribution in [0.25, 0.3) is 16.8 Å². The third kappa shape index (κ3) is 8.99. The van der Waals surface area contributed by atoms with Gasteiger partial charge in [0.05, 0.1) is 40.5 Å². The van der Waals surface area contributed by atoms with Crippen LogP contribution in [0.2, 0.25) is 0 Å². The smallest absolute Gasteiger partial charge is 0.475 e. The summed E-state index contributed by atoms with van der Waals surface area (Å²) in [6, 6.07) is 9.09. The Labute approximate surface area is 254 Å². The molecule has 0 radical (unpaired) electrons. The monoisotopic (exact) mass is 663 g/mol. The molecule has 248 valence electrons. The fourth-order valence-electron chi connectivity index (χ4n) is 4.04. The highest BCUT2D eigenvalue weighted by molar-refractivity contribution is 5.74. The average molecular weight is 664 g/mol. The number of nitrogens with two attached hydrogens (primary N) is 1. The highest BCUT2D eigenvalue weighted by Crippen LogP contribution is 2.31. The number of imidazole rings is 1. The van der Waals surface area contributed by atoms with Gasteiger partial charge in [-0.3, -0.25) is 4.98 Å². The quantitative estimate of drug-likeness (QED) is 0.213. The van der Waals surface area contributed by atoms with E-state index in [1.54, 1.807) is 30.7 Å². The first-order chi connectivity index (χ1) is 21.4. The number of nitrogens with zero attached hydrogens (tertiary/aromatic N) is 5. The number of aliphatic carboxylic acids is 2. The Bertz CT molecular complexity index is 1640. The molecule has 0 bridgehead atoms. The van der Waals surface area contributed by atoms with Gasteiger partial charge in [-0.2, -0.15) is 36.0 Å². The molecule has 11 nitrogen and oxygen atoms in total. The number of piperidine rings is 1. The van der Waals surface area contributed by atoms with E-state index in [1.807, 2.05) is 6.07 Å². The second-order valence-electron chi connectivity index (χ2n) is 9.73. The van der Waals surface area contributed by atoms with Gasteiger partial charge >= 0.3 is 24.3 Å². The molecule has 19 heteroatoms. The van der Waals surface area contributed by atoms with E-state index in [9.17, 15) is 35.1 Å². The molecule has 5 rings (SSSR count). The summed E-state index contributed by atoms with van der Waals surface area (Å²) < 4.78 is 93.6. The molecule has 0 unspecified atom stereocenters. The number of nitrogens with one attached hydrogen (secondary N) is 1. The Balaban J connectivity index is 0.000000345. The molecule has 0 spiro atoms. The van der Waals surface area contributed by atoms with Gasteiger partial charge in [0.2, 0.25) is 5.95 Å². The number of anilines is 3. The third-order valence-electron chi connectivity index (χ3n) is 6.49. The van der Waals surface area contributed by atoms with Gasteiger partial charge in [0.15, 0.2) is 0 Å². The minimum Gasteiger partial charge on any atom is -0.475 e. The van der Waals surface area contributed by atoms with E-state index in [4.69, 9.17) is 25.5 Å². The van der Waals surface area contributed by atoms with E-state index >= 15 is 0 Å². The predicted octanol–water partition coefficient (Wildman–Crippen LogP) is 5.25. The minimum absolute atomic E-state index is 0.0944. The number of aromatic nitrogens is 4. The van der Waals surface area contributed by atoms with Crippen LogP contribution in [0.5, 0.6) is 0 Å². The first-order valence-electron chi connectivity index (χ1n) is 13.0. The largest absolute Gasteiger partial charge is 0.490 e. The summed E-state index contributed by atoms with van der Waals surface area (Å²) >= 11 is 0. The number of carboxylic acid groups (broad SMARTS) is 2. The molecular weight excluding hydrogens is 638 g/mol. The number of alkyl halides is 6. The van der Waals surface area contributed by atoms with E-state index in [2.05, 4.69) is 32.2 Å². The van der Waals surface area contributed by atoms with Crippen molar-refractivity contribution in [3.63, 3.8) is 0 Å². The molecule has 1 aromatic carbocycles. The van der Waals surface area contributed by atoms with Crippen LogP contribution in [-0.2, 0) is 9.59 Å². The van der Waals surface area contributed by atoms with Crippen LogP contribution in [0.15, 0.2) is 55.0 Å². The van der Waals surface area contributed by atoms with Gasteiger partial charge in [-0.1, -0.05) is 13.0 Å². The summed E-state index contributed by atoms with van der Waals surface area (Å²) in [5, 5.41) is 22.0. The van der Waals surface area contributed by atoms with Gasteiger partial charge < -0.3 is 26.2 Å². The van der Waals surface area contributed by atoms with Crippen LogP contribution >= 0.6 is 0 Å². The maximum atomic E-state index is 14.3. The summed E-state index contributed by atoms with van der Waals surface area (Å²) in [7, 11) is 0. The molecule has 1 aliphatic rings. The Morgan fingerprint density at radius 3 is 2.09 bits per heavy atom. The number of halogens is 8. The number of carboxylic acids is 2. The highest BCUT2D eigenvalue weighted by atomic mass is 19.4. The van der Waals surface area contributed by atoms with Crippen molar-refractivity contribution in [3.05, 3.63) is 66.6 Å². The van der Waals surface area contributed by atoms with E-state index in [0.717, 1.165) is 30.9 Å². The lowest BCUT2D eigenvalue weighted by Gasteiger charge is -2.37. The van der Waals surface area contributed by atoms with Gasteiger partial charge in [-0.15, -0.1) is 0 Å². The first kappa shape index (κ1) is 35.4. The summed E-state index contributed by atoms with van der Waals surface area (Å²) in [6.07, 6.45) is -4.05. The number of hydrogen-bond acceptors (Lipinski definition) is 8. The van der Waals surface area contributed by atoms with E-state index in [-0.39, 0.29) is 17.3 Å². The summed E-state index contributed by atoms with van der Waals surface area (Å²) in [5.41, 5.74) is 8.71. The fourth-order valence-corrected chi connectivity index (χ4v) is 4.04. The third-order valence-corrected chi connectivity index (χ3v) is 6.49. The second-order valence-corrected chi connectivity index (χ2v) is 9.73. The van der Waals surface area contributed by atoms with Crippen LogP contribution in [0.4, 0.5) is 52.4 Å². The molecule has 2 atom stereocenters. The number of hydrogen-bond donors (Lipinski definition) is 4. The van der Waals surface area contributed by atoms with E-state index < -0.39 is 35.9 Å². The standard InChI is InChI=1S/C23H23F2N7.2C2HF3O2/c1-14-8-10-31(13-18(14)26)21-7-9-27-12-20(21)29-23-28-11-15-5-6-19(30-32(15)23)22-16(24)3-2-4-17(22)25;2*3-2(4,5)1(6)7/h2-7,9,11-12,14,18H,8,10,13,26H2,1H3,(H,28,29);2*(H,6,7)/t14-,18+;;/m0../s1. The Kier molecular flexibility index (Phi) is 11.0. The van der Waals surface area contributed by atoms with Crippen LogP contribution in [0.3, 0.4) is 0 Å². The second kappa shape index (κ2) is 14.4. The van der Waals surface area contributed by atoms with Crippen molar-refractivity contribution in [2.24, 2.45) is 11.7 Å². The lowest BCUT2D eigenvalue weighted by Crippen LogP contribution is -2.47. The lowest BCUT2D eigenvalue weighted by molar-refractivity contribution is -0.193. The fraction of sp³-hybridized carbons (Fsp3) is 0.296. The number of carbonyl (C=O) groups is 2. The van der Waals surface area contributed by atoms with Crippen molar-refractivity contribution in [3.8, 4) is 11.3 Å². The molecule has 4 heterocycles. The molecule has 0 saturated carbocycles. The Morgan fingerprint density at radius 1 is 0.957 bits per heavy atom. The van der Waals surface area contributed by atoms with Gasteiger partial charge in [-0.25, -0.2) is 23.4 Å². The normalized spacial score (nSPS) is 16.5. The molecule has 1 aliphatic heterocycles. The number of benzene rings is 1. The zero-order chi connectivity index (χ0) is 34.4. The van der Waals surface area contributed by atoms with Crippen LogP contribution in [-0.4, -0.2) is 73.2 Å².